The molecule has 1 saturated heterocycles. The molecule has 0 spiro atoms. The van der Waals surface area contributed by atoms with Crippen molar-refractivity contribution in [3.8, 4) is 0 Å². The lowest BCUT2D eigenvalue weighted by Crippen LogP contribution is -2.29. The van der Waals surface area contributed by atoms with Crippen LogP contribution in [-0.4, -0.2) is 35.4 Å². The minimum absolute atomic E-state index is 0.00513. The highest BCUT2D eigenvalue weighted by Crippen LogP contribution is 2.13. The van der Waals surface area contributed by atoms with Gasteiger partial charge in [-0.15, -0.1) is 0 Å². The molecule has 132 valence electrons. The molecular formula is C21H27N3O. The van der Waals surface area contributed by atoms with Gasteiger partial charge in [0, 0.05) is 30.5 Å². The minimum Gasteiger partial charge on any atom is -0.352 e. The summed E-state index contributed by atoms with van der Waals surface area (Å²) in [6, 6.07) is 14.0. The number of pyridine rings is 1. The maximum Gasteiger partial charge on any atom is 0.251 e. The zero-order chi connectivity index (χ0) is 17.3. The van der Waals surface area contributed by atoms with Gasteiger partial charge in [-0.05, 0) is 68.6 Å². The molecule has 0 aliphatic carbocycles. The maximum atomic E-state index is 12.2. The van der Waals surface area contributed by atoms with Gasteiger partial charge in [0.25, 0.3) is 5.91 Å². The second-order valence-electron chi connectivity index (χ2n) is 6.71. The summed E-state index contributed by atoms with van der Waals surface area (Å²) in [6.45, 7) is 4.05. The van der Waals surface area contributed by atoms with Crippen molar-refractivity contribution in [1.29, 1.82) is 0 Å². The van der Waals surface area contributed by atoms with E-state index in [0.717, 1.165) is 30.6 Å². The third kappa shape index (κ3) is 5.68. The van der Waals surface area contributed by atoms with Crippen molar-refractivity contribution < 1.29 is 4.79 Å². The molecule has 0 unspecified atom stereocenters. The number of rotatable bonds is 7. The van der Waals surface area contributed by atoms with Crippen molar-refractivity contribution >= 4 is 5.91 Å². The van der Waals surface area contributed by atoms with Crippen LogP contribution in [0.4, 0.5) is 0 Å². The van der Waals surface area contributed by atoms with Crippen LogP contribution in [0.5, 0.6) is 0 Å². The van der Waals surface area contributed by atoms with Gasteiger partial charge in [0.05, 0.1) is 0 Å². The van der Waals surface area contributed by atoms with E-state index in [1.54, 1.807) is 6.20 Å². The van der Waals surface area contributed by atoms with E-state index in [2.05, 4.69) is 27.3 Å². The van der Waals surface area contributed by atoms with Gasteiger partial charge in [-0.2, -0.15) is 0 Å². The molecule has 25 heavy (non-hydrogen) atoms. The van der Waals surface area contributed by atoms with Crippen LogP contribution in [0.25, 0.3) is 0 Å². The second kappa shape index (κ2) is 9.33. The number of likely N-dealkylation sites (tertiary alicyclic amines) is 1. The number of amides is 1. The molecule has 0 atom stereocenters. The Hall–Kier alpha value is -2.20. The number of carbonyl (C=O) groups excluding carboxylic acids is 1. The van der Waals surface area contributed by atoms with E-state index in [4.69, 9.17) is 0 Å². The van der Waals surface area contributed by atoms with Crippen molar-refractivity contribution in [3.63, 3.8) is 0 Å². The number of aromatic nitrogens is 1. The molecule has 1 aliphatic heterocycles. The topological polar surface area (TPSA) is 45.2 Å². The highest BCUT2D eigenvalue weighted by Gasteiger charge is 2.11. The molecule has 4 nitrogen and oxygen atoms in total. The molecule has 1 aliphatic rings. The summed E-state index contributed by atoms with van der Waals surface area (Å²) in [5.74, 6) is 0.00513. The van der Waals surface area contributed by atoms with E-state index in [9.17, 15) is 4.79 Å². The predicted octanol–water partition coefficient (Wildman–Crippen LogP) is 3.43. The first-order valence-corrected chi connectivity index (χ1v) is 9.31. The Morgan fingerprint density at radius 1 is 1.04 bits per heavy atom. The third-order valence-electron chi connectivity index (χ3n) is 4.69. The van der Waals surface area contributed by atoms with E-state index >= 15 is 0 Å². The van der Waals surface area contributed by atoms with Crippen molar-refractivity contribution in [1.82, 2.24) is 15.2 Å². The fraction of sp³-hybridized carbons (Fsp3) is 0.429. The van der Waals surface area contributed by atoms with Gasteiger partial charge in [-0.25, -0.2) is 0 Å². The van der Waals surface area contributed by atoms with Crippen LogP contribution >= 0.6 is 0 Å². The average Bonchev–Trinajstić information content (AvgIpc) is 2.67. The zero-order valence-electron chi connectivity index (χ0n) is 14.8. The first-order chi connectivity index (χ1) is 12.3. The molecule has 1 amide bonds. The van der Waals surface area contributed by atoms with E-state index in [-0.39, 0.29) is 5.91 Å². The SMILES string of the molecule is O=C(NCCCc1ccccn1)c1ccc(CN2CCCCC2)cc1. The van der Waals surface area contributed by atoms with Gasteiger partial charge in [-0.1, -0.05) is 24.6 Å². The summed E-state index contributed by atoms with van der Waals surface area (Å²) in [5.41, 5.74) is 3.09. The van der Waals surface area contributed by atoms with E-state index in [0.29, 0.717) is 6.54 Å². The summed E-state index contributed by atoms with van der Waals surface area (Å²) in [7, 11) is 0. The van der Waals surface area contributed by atoms with Gasteiger partial charge >= 0.3 is 0 Å². The second-order valence-corrected chi connectivity index (χ2v) is 6.71. The standard InChI is InChI=1S/C21H27N3O/c25-21(23-14-6-8-20-7-2-3-13-22-20)19-11-9-18(10-12-19)17-24-15-4-1-5-16-24/h2-3,7,9-13H,1,4-6,8,14-17H2,(H,23,25). The van der Waals surface area contributed by atoms with E-state index < -0.39 is 0 Å². The summed E-state index contributed by atoms with van der Waals surface area (Å²) in [6.07, 6.45) is 7.55. The Morgan fingerprint density at radius 3 is 2.56 bits per heavy atom. The summed E-state index contributed by atoms with van der Waals surface area (Å²) in [4.78, 5) is 19.0. The van der Waals surface area contributed by atoms with E-state index in [1.807, 2.05) is 30.3 Å². The maximum absolute atomic E-state index is 12.2. The molecule has 0 radical (unpaired) electrons. The normalized spacial score (nSPS) is 15.0. The average molecular weight is 337 g/mol. The highest BCUT2D eigenvalue weighted by molar-refractivity contribution is 5.94. The van der Waals surface area contributed by atoms with Gasteiger partial charge in [0.1, 0.15) is 0 Å². The van der Waals surface area contributed by atoms with Gasteiger partial charge in [-0.3, -0.25) is 14.7 Å². The smallest absolute Gasteiger partial charge is 0.251 e. The lowest BCUT2D eigenvalue weighted by Gasteiger charge is -2.26. The third-order valence-corrected chi connectivity index (χ3v) is 4.69. The van der Waals surface area contributed by atoms with Crippen LogP contribution in [-0.2, 0) is 13.0 Å². The molecule has 1 fully saturated rings. The largest absolute Gasteiger partial charge is 0.352 e. The predicted molar refractivity (Wildman–Crippen MR) is 100 cm³/mol. The monoisotopic (exact) mass is 337 g/mol. The Labute approximate surface area is 150 Å². The number of nitrogens with zero attached hydrogens (tertiary/aromatic N) is 2. The first kappa shape index (κ1) is 17.6. The molecule has 2 aromatic rings. The van der Waals surface area contributed by atoms with Gasteiger partial charge in [0.15, 0.2) is 0 Å². The fourth-order valence-corrected chi connectivity index (χ4v) is 3.26. The van der Waals surface area contributed by atoms with Crippen LogP contribution in [0.1, 0.15) is 47.3 Å². The number of benzene rings is 1. The molecular weight excluding hydrogens is 310 g/mol. The number of piperidine rings is 1. The summed E-state index contributed by atoms with van der Waals surface area (Å²) < 4.78 is 0. The molecule has 0 bridgehead atoms. The van der Waals surface area contributed by atoms with Crippen molar-refractivity contribution in [2.75, 3.05) is 19.6 Å². The van der Waals surface area contributed by atoms with E-state index in [1.165, 1.54) is 37.9 Å². The highest BCUT2D eigenvalue weighted by atomic mass is 16.1. The number of nitrogens with one attached hydrogen (secondary N) is 1. The van der Waals surface area contributed by atoms with Crippen LogP contribution in [0.15, 0.2) is 48.7 Å². The van der Waals surface area contributed by atoms with Crippen LogP contribution in [0.2, 0.25) is 0 Å². The van der Waals surface area contributed by atoms with Crippen LogP contribution in [0.3, 0.4) is 0 Å². The van der Waals surface area contributed by atoms with Crippen molar-refractivity contribution in [2.24, 2.45) is 0 Å². The summed E-state index contributed by atoms with van der Waals surface area (Å²) >= 11 is 0. The molecule has 0 saturated carbocycles. The zero-order valence-corrected chi connectivity index (χ0v) is 14.8. The summed E-state index contributed by atoms with van der Waals surface area (Å²) in [5, 5.41) is 2.99. The van der Waals surface area contributed by atoms with Gasteiger partial charge in [0.2, 0.25) is 0 Å². The lowest BCUT2D eigenvalue weighted by molar-refractivity contribution is 0.0953. The molecule has 1 N–H and O–H groups in total. The number of hydrogen-bond acceptors (Lipinski definition) is 3. The fourth-order valence-electron chi connectivity index (χ4n) is 3.26. The Morgan fingerprint density at radius 2 is 1.84 bits per heavy atom. The van der Waals surface area contributed by atoms with Crippen molar-refractivity contribution in [2.45, 2.75) is 38.6 Å². The minimum atomic E-state index is 0.00513. The number of hydrogen-bond donors (Lipinski definition) is 1. The van der Waals surface area contributed by atoms with Crippen LogP contribution in [0, 0.1) is 0 Å². The van der Waals surface area contributed by atoms with Crippen molar-refractivity contribution in [3.05, 3.63) is 65.5 Å². The first-order valence-electron chi connectivity index (χ1n) is 9.31. The van der Waals surface area contributed by atoms with Crippen LogP contribution < -0.4 is 5.32 Å². The molecule has 1 aromatic heterocycles. The molecule has 4 heteroatoms. The molecule has 2 heterocycles. The number of aryl methyl sites for hydroxylation is 1. The molecule has 3 rings (SSSR count). The Kier molecular flexibility index (Phi) is 6.57. The molecule has 1 aromatic carbocycles. The Bertz CT molecular complexity index is 649. The Balaban J connectivity index is 1.41. The quantitative estimate of drug-likeness (QED) is 0.787. The number of carbonyl (C=O) groups is 1. The van der Waals surface area contributed by atoms with Gasteiger partial charge < -0.3 is 5.32 Å². The lowest BCUT2D eigenvalue weighted by atomic mass is 10.1.